The van der Waals surface area contributed by atoms with Crippen molar-refractivity contribution in [3.63, 3.8) is 0 Å². The third-order valence-electron chi connectivity index (χ3n) is 7.84. The van der Waals surface area contributed by atoms with Crippen molar-refractivity contribution < 1.29 is 23.0 Å². The van der Waals surface area contributed by atoms with Crippen LogP contribution in [-0.2, 0) is 25.9 Å². The third-order valence-corrected chi connectivity index (χ3v) is 7.84. The van der Waals surface area contributed by atoms with Crippen molar-refractivity contribution in [2.24, 2.45) is 0 Å². The van der Waals surface area contributed by atoms with Gasteiger partial charge >= 0.3 is 0 Å². The number of amides is 1. The van der Waals surface area contributed by atoms with Crippen LogP contribution in [0.4, 0.5) is 8.78 Å². The minimum absolute atomic E-state index is 0.212. The van der Waals surface area contributed by atoms with Crippen molar-refractivity contribution in [2.75, 3.05) is 13.7 Å². The normalized spacial score (nSPS) is 14.4. The lowest BCUT2D eigenvalue weighted by atomic mass is 9.82. The van der Waals surface area contributed by atoms with Crippen molar-refractivity contribution in [1.29, 1.82) is 0 Å². The van der Waals surface area contributed by atoms with Gasteiger partial charge in [-0.3, -0.25) is 4.79 Å². The molecule has 0 fully saturated rings. The number of nitrogens with zero attached hydrogens (tertiary/aromatic N) is 1. The molecule has 2 aliphatic heterocycles. The number of methoxy groups -OCH3 is 1. The Hall–Kier alpha value is -3.41. The molecular weight excluding hydrogens is 460 g/mol. The van der Waals surface area contributed by atoms with Gasteiger partial charge in [0.2, 0.25) is 0 Å². The van der Waals surface area contributed by atoms with E-state index in [4.69, 9.17) is 9.47 Å². The first-order chi connectivity index (χ1) is 17.3. The fourth-order valence-electron chi connectivity index (χ4n) is 5.95. The van der Waals surface area contributed by atoms with Gasteiger partial charge in [-0.1, -0.05) is 6.92 Å². The predicted octanol–water partition coefficient (Wildman–Crippen LogP) is 6.61. The van der Waals surface area contributed by atoms with Gasteiger partial charge in [-0.2, -0.15) is 0 Å². The molecule has 3 aromatic rings. The van der Waals surface area contributed by atoms with Gasteiger partial charge < -0.3 is 14.4 Å². The lowest BCUT2D eigenvalue weighted by Gasteiger charge is -2.25. The molecule has 0 saturated heterocycles. The van der Waals surface area contributed by atoms with Crippen LogP contribution < -0.4 is 9.47 Å². The van der Waals surface area contributed by atoms with Crippen LogP contribution in [0.15, 0.2) is 24.3 Å². The first kappa shape index (κ1) is 24.3. The van der Waals surface area contributed by atoms with E-state index >= 15 is 4.39 Å². The first-order valence-corrected chi connectivity index (χ1v) is 12.5. The van der Waals surface area contributed by atoms with Crippen molar-refractivity contribution in [2.45, 2.75) is 60.0 Å². The summed E-state index contributed by atoms with van der Waals surface area (Å²) in [7, 11) is 1.47. The van der Waals surface area contributed by atoms with E-state index in [1.54, 1.807) is 11.0 Å². The van der Waals surface area contributed by atoms with Gasteiger partial charge in [-0.05, 0) is 109 Å². The molecule has 6 heteroatoms. The summed E-state index contributed by atoms with van der Waals surface area (Å²) in [6.07, 6.45) is 2.46. The highest BCUT2D eigenvalue weighted by molar-refractivity contribution is 5.97. The highest BCUT2D eigenvalue weighted by Crippen LogP contribution is 2.44. The third kappa shape index (κ3) is 3.74. The average Bonchev–Trinajstić information content (AvgIpc) is 3.34. The average molecular weight is 492 g/mol. The fraction of sp³-hybridized carbons (Fsp3) is 0.367. The molecule has 188 valence electrons. The van der Waals surface area contributed by atoms with Crippen LogP contribution in [0.2, 0.25) is 0 Å². The molecule has 0 atom stereocenters. The maximum atomic E-state index is 15.2. The molecule has 5 rings (SSSR count). The summed E-state index contributed by atoms with van der Waals surface area (Å²) in [5.74, 6) is -0.332. The number of fused-ring (bicyclic) bond motifs is 2. The van der Waals surface area contributed by atoms with Crippen LogP contribution >= 0.6 is 0 Å². The molecule has 0 aliphatic carbocycles. The van der Waals surface area contributed by atoms with Crippen LogP contribution in [0.1, 0.15) is 62.6 Å². The number of hydrogen-bond donors (Lipinski definition) is 0. The molecule has 0 radical (unpaired) electrons. The Bertz CT molecular complexity index is 1400. The van der Waals surface area contributed by atoms with Gasteiger partial charge in [0.1, 0.15) is 11.6 Å². The number of benzene rings is 3. The highest BCUT2D eigenvalue weighted by Gasteiger charge is 2.32. The summed E-state index contributed by atoms with van der Waals surface area (Å²) < 4.78 is 40.2. The Kier molecular flexibility index (Phi) is 6.23. The molecule has 0 spiro atoms. The number of halogens is 2. The minimum atomic E-state index is -0.479. The first-order valence-electron chi connectivity index (χ1n) is 12.5. The Balaban J connectivity index is 1.62. The summed E-state index contributed by atoms with van der Waals surface area (Å²) in [5.41, 5.74) is 9.73. The molecule has 2 heterocycles. The lowest BCUT2D eigenvalue weighted by Crippen LogP contribution is -2.26. The fourth-order valence-corrected chi connectivity index (χ4v) is 5.95. The summed E-state index contributed by atoms with van der Waals surface area (Å²) in [6.45, 7) is 9.71. The Morgan fingerprint density at radius 1 is 1.03 bits per heavy atom. The second kappa shape index (κ2) is 9.23. The van der Waals surface area contributed by atoms with Gasteiger partial charge in [0.05, 0.1) is 19.3 Å². The molecule has 0 aromatic heterocycles. The molecule has 36 heavy (non-hydrogen) atoms. The zero-order valence-corrected chi connectivity index (χ0v) is 21.5. The number of carbonyl (C=O) groups is 1. The molecule has 2 aliphatic rings. The quantitative estimate of drug-likeness (QED) is 0.412. The van der Waals surface area contributed by atoms with E-state index in [1.165, 1.54) is 30.9 Å². The molecular formula is C30H31F2NO3. The van der Waals surface area contributed by atoms with Crippen molar-refractivity contribution >= 4 is 5.91 Å². The van der Waals surface area contributed by atoms with Crippen LogP contribution in [0.3, 0.4) is 0 Å². The topological polar surface area (TPSA) is 38.8 Å². The Labute approximate surface area is 210 Å². The van der Waals surface area contributed by atoms with E-state index in [9.17, 15) is 9.18 Å². The highest BCUT2D eigenvalue weighted by atomic mass is 19.1. The zero-order valence-electron chi connectivity index (χ0n) is 21.5. The smallest absolute Gasteiger partial charge is 0.258 e. The second-order valence-corrected chi connectivity index (χ2v) is 9.71. The van der Waals surface area contributed by atoms with Gasteiger partial charge in [-0.25, -0.2) is 8.78 Å². The van der Waals surface area contributed by atoms with Crippen molar-refractivity contribution in [3.8, 4) is 22.6 Å². The largest absolute Gasteiger partial charge is 0.496 e. The number of ether oxygens (including phenoxy) is 2. The predicted molar refractivity (Wildman–Crippen MR) is 136 cm³/mol. The van der Waals surface area contributed by atoms with E-state index in [2.05, 4.69) is 27.7 Å². The summed E-state index contributed by atoms with van der Waals surface area (Å²) in [6, 6.07) is 5.61. The standard InChI is InChI=1S/C30H31F2NO3/c1-6-20-16(2)24-14-33(30(34)23-12-19(31)9-10-27(23)35-5)15-25(24)18(4)28(20)22-13-26(32)29-21(17(22)3)8-7-11-36-29/h9-10,12-13H,6-8,11,14-15H2,1-5H3. The van der Waals surface area contributed by atoms with E-state index in [-0.39, 0.29) is 17.3 Å². The van der Waals surface area contributed by atoms with E-state index < -0.39 is 5.82 Å². The SMILES string of the molecule is CCc1c(C)c2c(c(C)c1-c1cc(F)c3c(c1C)CCCO3)CN(C(=O)c1cc(F)ccc1OC)C2. The van der Waals surface area contributed by atoms with Crippen molar-refractivity contribution in [3.05, 3.63) is 80.4 Å². The van der Waals surface area contributed by atoms with Gasteiger partial charge in [0.15, 0.2) is 11.6 Å². The van der Waals surface area contributed by atoms with Gasteiger partial charge in [0.25, 0.3) is 5.91 Å². The van der Waals surface area contributed by atoms with E-state index in [0.717, 1.165) is 63.8 Å². The zero-order chi connectivity index (χ0) is 25.7. The van der Waals surface area contributed by atoms with Crippen LogP contribution in [0.5, 0.6) is 11.5 Å². The summed E-state index contributed by atoms with van der Waals surface area (Å²) in [5, 5.41) is 0. The van der Waals surface area contributed by atoms with Crippen molar-refractivity contribution in [1.82, 2.24) is 4.90 Å². The minimum Gasteiger partial charge on any atom is -0.496 e. The molecule has 3 aromatic carbocycles. The molecule has 1 amide bonds. The van der Waals surface area contributed by atoms with Gasteiger partial charge in [0, 0.05) is 18.7 Å². The summed E-state index contributed by atoms with van der Waals surface area (Å²) >= 11 is 0. The molecule has 0 saturated carbocycles. The molecule has 0 N–H and O–H groups in total. The lowest BCUT2D eigenvalue weighted by molar-refractivity contribution is 0.0747. The maximum Gasteiger partial charge on any atom is 0.258 e. The Morgan fingerprint density at radius 3 is 2.44 bits per heavy atom. The number of rotatable bonds is 4. The summed E-state index contributed by atoms with van der Waals surface area (Å²) in [4.78, 5) is 15.2. The number of carbonyl (C=O) groups excluding carboxylic acids is 1. The second-order valence-electron chi connectivity index (χ2n) is 9.71. The van der Waals surface area contributed by atoms with Crippen LogP contribution in [0.25, 0.3) is 11.1 Å². The van der Waals surface area contributed by atoms with Crippen LogP contribution in [0, 0.1) is 32.4 Å². The number of hydrogen-bond acceptors (Lipinski definition) is 3. The molecule has 0 bridgehead atoms. The molecule has 4 nitrogen and oxygen atoms in total. The maximum absolute atomic E-state index is 15.2. The molecule has 0 unspecified atom stereocenters. The van der Waals surface area contributed by atoms with Crippen LogP contribution in [-0.4, -0.2) is 24.5 Å². The van der Waals surface area contributed by atoms with Gasteiger partial charge in [-0.15, -0.1) is 0 Å². The van der Waals surface area contributed by atoms with E-state index in [0.29, 0.717) is 31.2 Å². The monoisotopic (exact) mass is 491 g/mol. The van der Waals surface area contributed by atoms with E-state index in [1.807, 2.05) is 0 Å². The Morgan fingerprint density at radius 2 is 1.75 bits per heavy atom.